The fourth-order valence-corrected chi connectivity index (χ4v) is 3.05. The van der Waals surface area contributed by atoms with E-state index in [2.05, 4.69) is 0 Å². The second kappa shape index (κ2) is 8.53. The molecule has 5 nitrogen and oxygen atoms in total. The van der Waals surface area contributed by atoms with Crippen LogP contribution in [0.15, 0.2) is 54.6 Å². The topological polar surface area (TPSA) is 59.0 Å². The van der Waals surface area contributed by atoms with Crippen molar-refractivity contribution < 1.29 is 19.4 Å². The predicted molar refractivity (Wildman–Crippen MR) is 95.3 cm³/mol. The van der Waals surface area contributed by atoms with Crippen LogP contribution in [0.25, 0.3) is 0 Å². The molecule has 0 saturated carbocycles. The highest BCUT2D eigenvalue weighted by atomic mass is 16.5. The maximum Gasteiger partial charge on any atom is 0.320 e. The minimum atomic E-state index is -0.734. The first-order valence-corrected chi connectivity index (χ1v) is 8.65. The number of carbonyl (C=O) groups is 1. The van der Waals surface area contributed by atoms with E-state index in [0.717, 1.165) is 43.1 Å². The van der Waals surface area contributed by atoms with E-state index in [9.17, 15) is 9.90 Å². The van der Waals surface area contributed by atoms with Gasteiger partial charge in [-0.25, -0.2) is 0 Å². The molecule has 2 aromatic rings. The quantitative estimate of drug-likeness (QED) is 0.830. The van der Waals surface area contributed by atoms with Gasteiger partial charge in [0.2, 0.25) is 0 Å². The third-order valence-electron chi connectivity index (χ3n) is 4.35. The molecule has 132 valence electrons. The fourth-order valence-electron chi connectivity index (χ4n) is 3.05. The summed E-state index contributed by atoms with van der Waals surface area (Å²) in [5.74, 6) is 1.56. The molecule has 1 aliphatic heterocycles. The van der Waals surface area contributed by atoms with Gasteiger partial charge in [-0.2, -0.15) is 0 Å². The Labute approximate surface area is 147 Å². The molecule has 1 atom stereocenters. The largest absolute Gasteiger partial charge is 0.492 e. The van der Waals surface area contributed by atoms with Crippen molar-refractivity contribution in [1.82, 2.24) is 4.90 Å². The van der Waals surface area contributed by atoms with E-state index in [1.165, 1.54) is 0 Å². The molecule has 1 unspecified atom stereocenters. The van der Waals surface area contributed by atoms with Gasteiger partial charge in [0.1, 0.15) is 29.9 Å². The van der Waals surface area contributed by atoms with Gasteiger partial charge in [-0.3, -0.25) is 9.69 Å². The standard InChI is InChI=1S/C20H23NO4/c22-20(23)19-8-4-5-13-21(19)14-15-24-16-9-11-18(12-10-16)25-17-6-2-1-3-7-17/h1-3,6-7,9-12,19H,4-5,8,13-15H2,(H,22,23). The van der Waals surface area contributed by atoms with Crippen molar-refractivity contribution >= 4 is 5.97 Å². The van der Waals surface area contributed by atoms with Crippen LogP contribution in [0.5, 0.6) is 17.2 Å². The summed E-state index contributed by atoms with van der Waals surface area (Å²) in [5.41, 5.74) is 0. The highest BCUT2D eigenvalue weighted by Gasteiger charge is 2.27. The number of ether oxygens (including phenoxy) is 2. The summed E-state index contributed by atoms with van der Waals surface area (Å²) in [7, 11) is 0. The Morgan fingerprint density at radius 3 is 2.40 bits per heavy atom. The van der Waals surface area contributed by atoms with Crippen LogP contribution in [0, 0.1) is 0 Å². The summed E-state index contributed by atoms with van der Waals surface area (Å²) in [6.07, 6.45) is 2.76. The Bertz CT molecular complexity index is 672. The zero-order valence-electron chi connectivity index (χ0n) is 14.1. The number of aliphatic carboxylic acids is 1. The van der Waals surface area contributed by atoms with Crippen molar-refractivity contribution in [2.24, 2.45) is 0 Å². The lowest BCUT2D eigenvalue weighted by molar-refractivity contribution is -0.144. The van der Waals surface area contributed by atoms with Crippen molar-refractivity contribution in [2.75, 3.05) is 19.7 Å². The Kier molecular flexibility index (Phi) is 5.90. The first-order valence-electron chi connectivity index (χ1n) is 8.65. The van der Waals surface area contributed by atoms with Crippen molar-refractivity contribution in [2.45, 2.75) is 25.3 Å². The molecule has 1 aliphatic rings. The molecule has 0 spiro atoms. The van der Waals surface area contributed by atoms with Gasteiger partial charge in [0, 0.05) is 6.54 Å². The van der Waals surface area contributed by atoms with Crippen molar-refractivity contribution in [3.8, 4) is 17.2 Å². The predicted octanol–water partition coefficient (Wildman–Crippen LogP) is 3.80. The van der Waals surface area contributed by atoms with Gasteiger partial charge in [-0.15, -0.1) is 0 Å². The molecular weight excluding hydrogens is 318 g/mol. The van der Waals surface area contributed by atoms with Crippen molar-refractivity contribution in [3.05, 3.63) is 54.6 Å². The van der Waals surface area contributed by atoms with Gasteiger partial charge < -0.3 is 14.6 Å². The van der Waals surface area contributed by atoms with Crippen LogP contribution >= 0.6 is 0 Å². The highest BCUT2D eigenvalue weighted by molar-refractivity contribution is 5.73. The lowest BCUT2D eigenvalue weighted by atomic mass is 10.0. The number of hydrogen-bond donors (Lipinski definition) is 1. The first-order chi connectivity index (χ1) is 12.2. The van der Waals surface area contributed by atoms with E-state index in [-0.39, 0.29) is 6.04 Å². The second-order valence-electron chi connectivity index (χ2n) is 6.12. The number of likely N-dealkylation sites (tertiary alicyclic amines) is 1. The molecule has 1 heterocycles. The Hall–Kier alpha value is -2.53. The van der Waals surface area contributed by atoms with E-state index in [4.69, 9.17) is 9.47 Å². The van der Waals surface area contributed by atoms with E-state index >= 15 is 0 Å². The third-order valence-corrected chi connectivity index (χ3v) is 4.35. The smallest absolute Gasteiger partial charge is 0.320 e. The highest BCUT2D eigenvalue weighted by Crippen LogP contribution is 2.23. The summed E-state index contributed by atoms with van der Waals surface area (Å²) in [5, 5.41) is 9.28. The number of carboxylic acid groups (broad SMARTS) is 1. The average molecular weight is 341 g/mol. The second-order valence-corrected chi connectivity index (χ2v) is 6.12. The van der Waals surface area contributed by atoms with E-state index in [1.807, 2.05) is 59.5 Å². The van der Waals surface area contributed by atoms with Crippen LogP contribution in [-0.4, -0.2) is 41.7 Å². The third kappa shape index (κ3) is 4.97. The summed E-state index contributed by atoms with van der Waals surface area (Å²) < 4.78 is 11.5. The minimum Gasteiger partial charge on any atom is -0.492 e. The number of piperidine rings is 1. The zero-order valence-corrected chi connectivity index (χ0v) is 14.1. The Morgan fingerprint density at radius 1 is 1.00 bits per heavy atom. The van der Waals surface area contributed by atoms with Crippen LogP contribution in [0.2, 0.25) is 0 Å². The van der Waals surface area contributed by atoms with Crippen molar-refractivity contribution in [3.63, 3.8) is 0 Å². The van der Waals surface area contributed by atoms with E-state index < -0.39 is 5.97 Å². The van der Waals surface area contributed by atoms with E-state index in [1.54, 1.807) is 0 Å². The van der Waals surface area contributed by atoms with Crippen molar-refractivity contribution in [1.29, 1.82) is 0 Å². The summed E-state index contributed by atoms with van der Waals surface area (Å²) in [6.45, 7) is 1.92. The Balaban J connectivity index is 1.48. The lowest BCUT2D eigenvalue weighted by Gasteiger charge is -2.32. The number of nitrogens with zero attached hydrogens (tertiary/aromatic N) is 1. The fraction of sp³-hybridized carbons (Fsp3) is 0.350. The average Bonchev–Trinajstić information content (AvgIpc) is 2.64. The van der Waals surface area contributed by atoms with Crippen LogP contribution in [0.4, 0.5) is 0 Å². The van der Waals surface area contributed by atoms with E-state index in [0.29, 0.717) is 13.2 Å². The molecular formula is C20H23NO4. The molecule has 0 radical (unpaired) electrons. The zero-order chi connectivity index (χ0) is 17.5. The van der Waals surface area contributed by atoms with Gasteiger partial charge in [0.25, 0.3) is 0 Å². The first kappa shape index (κ1) is 17.3. The van der Waals surface area contributed by atoms with Gasteiger partial charge in [-0.05, 0) is 55.8 Å². The van der Waals surface area contributed by atoms with Crippen LogP contribution < -0.4 is 9.47 Å². The summed E-state index contributed by atoms with van der Waals surface area (Å²) >= 11 is 0. The monoisotopic (exact) mass is 341 g/mol. The van der Waals surface area contributed by atoms with Gasteiger partial charge >= 0.3 is 5.97 Å². The summed E-state index contributed by atoms with van der Waals surface area (Å²) in [6, 6.07) is 16.7. The maximum absolute atomic E-state index is 11.3. The Morgan fingerprint density at radius 2 is 1.68 bits per heavy atom. The van der Waals surface area contributed by atoms with Crippen LogP contribution in [0.3, 0.4) is 0 Å². The molecule has 0 aliphatic carbocycles. The molecule has 1 N–H and O–H groups in total. The molecule has 1 saturated heterocycles. The molecule has 3 rings (SSSR count). The molecule has 25 heavy (non-hydrogen) atoms. The number of benzene rings is 2. The summed E-state index contributed by atoms with van der Waals surface area (Å²) in [4.78, 5) is 13.3. The van der Waals surface area contributed by atoms with Gasteiger partial charge in [-0.1, -0.05) is 24.6 Å². The minimum absolute atomic E-state index is 0.376. The van der Waals surface area contributed by atoms with Crippen LogP contribution in [-0.2, 0) is 4.79 Å². The molecule has 5 heteroatoms. The normalized spacial score (nSPS) is 17.8. The van der Waals surface area contributed by atoms with Crippen LogP contribution in [0.1, 0.15) is 19.3 Å². The number of rotatable bonds is 7. The SMILES string of the molecule is O=C(O)C1CCCCN1CCOc1ccc(Oc2ccccc2)cc1. The molecule has 1 fully saturated rings. The molecule has 0 aromatic heterocycles. The number of para-hydroxylation sites is 1. The lowest BCUT2D eigenvalue weighted by Crippen LogP contribution is -2.46. The molecule has 0 bridgehead atoms. The molecule has 0 amide bonds. The van der Waals surface area contributed by atoms with Gasteiger partial charge in [0.05, 0.1) is 0 Å². The maximum atomic E-state index is 11.3. The molecule has 2 aromatic carbocycles. The number of hydrogen-bond acceptors (Lipinski definition) is 4. The van der Waals surface area contributed by atoms with Gasteiger partial charge in [0.15, 0.2) is 0 Å². The number of carboxylic acids is 1.